The molecule has 0 aromatic heterocycles. The lowest BCUT2D eigenvalue weighted by Crippen LogP contribution is -2.02. The van der Waals surface area contributed by atoms with Crippen molar-refractivity contribution in [2.45, 2.75) is 12.8 Å². The van der Waals surface area contributed by atoms with Gasteiger partial charge in [-0.05, 0) is 31.0 Å². The molecule has 0 aliphatic rings. The molecule has 0 aliphatic heterocycles. The molecule has 0 saturated carbocycles. The number of rotatable bonds is 4. The summed E-state index contributed by atoms with van der Waals surface area (Å²) in [7, 11) is 1.95. The van der Waals surface area contributed by atoms with Crippen LogP contribution in [0.3, 0.4) is 0 Å². The van der Waals surface area contributed by atoms with Crippen molar-refractivity contribution in [1.82, 2.24) is 0 Å². The van der Waals surface area contributed by atoms with Gasteiger partial charge in [-0.1, -0.05) is 18.2 Å². The van der Waals surface area contributed by atoms with Gasteiger partial charge in [-0.15, -0.1) is 0 Å². The number of hydrogen-bond acceptors (Lipinski definition) is 2. The molecule has 0 saturated heterocycles. The first-order valence-corrected chi connectivity index (χ1v) is 4.34. The molecule has 66 valence electrons. The minimum Gasteiger partial charge on any atom is -0.388 e. The third kappa shape index (κ3) is 2.24. The van der Waals surface area contributed by atoms with Crippen molar-refractivity contribution in [3.8, 4) is 0 Å². The van der Waals surface area contributed by atoms with Gasteiger partial charge in [0, 0.05) is 12.7 Å². The number of anilines is 1. The molecule has 0 heterocycles. The molecule has 0 radical (unpaired) electrons. The highest BCUT2D eigenvalue weighted by molar-refractivity contribution is 5.50. The van der Waals surface area contributed by atoms with Crippen molar-refractivity contribution in [1.29, 1.82) is 0 Å². The lowest BCUT2D eigenvalue weighted by molar-refractivity contribution is 0.833. The van der Waals surface area contributed by atoms with E-state index in [-0.39, 0.29) is 0 Å². The fraction of sp³-hybridized carbons (Fsp3) is 0.400. The topological polar surface area (TPSA) is 38.0 Å². The maximum absolute atomic E-state index is 5.45. The zero-order valence-electron chi connectivity index (χ0n) is 7.51. The van der Waals surface area contributed by atoms with Gasteiger partial charge in [0.25, 0.3) is 0 Å². The molecule has 0 fully saturated rings. The van der Waals surface area contributed by atoms with Gasteiger partial charge in [-0.2, -0.15) is 0 Å². The van der Waals surface area contributed by atoms with Crippen molar-refractivity contribution < 1.29 is 0 Å². The van der Waals surface area contributed by atoms with Gasteiger partial charge in [-0.25, -0.2) is 0 Å². The second-order valence-electron chi connectivity index (χ2n) is 2.80. The van der Waals surface area contributed by atoms with Gasteiger partial charge < -0.3 is 11.1 Å². The van der Waals surface area contributed by atoms with Gasteiger partial charge in [0.15, 0.2) is 0 Å². The Bertz CT molecular complexity index is 233. The van der Waals surface area contributed by atoms with Gasteiger partial charge in [0.05, 0.1) is 0 Å². The summed E-state index contributed by atoms with van der Waals surface area (Å²) >= 11 is 0. The van der Waals surface area contributed by atoms with Crippen LogP contribution in [0.2, 0.25) is 0 Å². The van der Waals surface area contributed by atoms with E-state index >= 15 is 0 Å². The van der Waals surface area contributed by atoms with Gasteiger partial charge in [-0.3, -0.25) is 0 Å². The average Bonchev–Trinajstić information content (AvgIpc) is 2.15. The molecule has 1 aromatic rings. The second-order valence-corrected chi connectivity index (χ2v) is 2.80. The predicted molar refractivity (Wildman–Crippen MR) is 53.4 cm³/mol. The summed E-state index contributed by atoms with van der Waals surface area (Å²) in [6.07, 6.45) is 2.12. The molecule has 2 nitrogen and oxygen atoms in total. The summed E-state index contributed by atoms with van der Waals surface area (Å²) in [6.45, 7) is 0.762. The first kappa shape index (κ1) is 9.07. The highest BCUT2D eigenvalue weighted by Gasteiger charge is 1.97. The van der Waals surface area contributed by atoms with Crippen LogP contribution < -0.4 is 11.1 Å². The zero-order valence-corrected chi connectivity index (χ0v) is 7.51. The van der Waals surface area contributed by atoms with Crippen LogP contribution in [-0.4, -0.2) is 13.6 Å². The van der Waals surface area contributed by atoms with Gasteiger partial charge in [0.1, 0.15) is 0 Å². The summed E-state index contributed by atoms with van der Waals surface area (Å²) < 4.78 is 0. The molecule has 1 rings (SSSR count). The number of nitrogens with two attached hydrogens (primary N) is 1. The molecular weight excluding hydrogens is 148 g/mol. The zero-order chi connectivity index (χ0) is 8.81. The third-order valence-electron chi connectivity index (χ3n) is 1.94. The average molecular weight is 164 g/mol. The van der Waals surface area contributed by atoms with Crippen LogP contribution >= 0.6 is 0 Å². The molecule has 0 bridgehead atoms. The molecular formula is C10H16N2. The maximum Gasteiger partial charge on any atom is 0.0370 e. The Morgan fingerprint density at radius 2 is 2.08 bits per heavy atom. The first-order valence-electron chi connectivity index (χ1n) is 4.34. The molecule has 0 amide bonds. The quantitative estimate of drug-likeness (QED) is 0.709. The first-order chi connectivity index (χ1) is 5.88. The highest BCUT2D eigenvalue weighted by Crippen LogP contribution is 2.15. The van der Waals surface area contributed by atoms with E-state index in [4.69, 9.17) is 5.73 Å². The predicted octanol–water partition coefficient (Wildman–Crippen LogP) is 1.62. The molecule has 2 heteroatoms. The van der Waals surface area contributed by atoms with E-state index in [1.54, 1.807) is 0 Å². The maximum atomic E-state index is 5.45. The second kappa shape index (κ2) is 4.78. The molecule has 3 N–H and O–H groups in total. The van der Waals surface area contributed by atoms with Crippen molar-refractivity contribution in [3.63, 3.8) is 0 Å². The number of nitrogens with one attached hydrogen (secondary N) is 1. The molecule has 0 spiro atoms. The Morgan fingerprint density at radius 1 is 1.33 bits per heavy atom. The van der Waals surface area contributed by atoms with E-state index in [0.717, 1.165) is 19.4 Å². The van der Waals surface area contributed by atoms with Crippen LogP contribution in [0.4, 0.5) is 5.69 Å². The van der Waals surface area contributed by atoms with E-state index in [1.807, 2.05) is 13.1 Å². The van der Waals surface area contributed by atoms with E-state index in [9.17, 15) is 0 Å². The van der Waals surface area contributed by atoms with Crippen LogP contribution in [0.5, 0.6) is 0 Å². The lowest BCUT2D eigenvalue weighted by atomic mass is 10.1. The fourth-order valence-corrected chi connectivity index (χ4v) is 1.27. The lowest BCUT2D eigenvalue weighted by Gasteiger charge is -2.07. The van der Waals surface area contributed by atoms with Crippen LogP contribution in [0.25, 0.3) is 0 Å². The van der Waals surface area contributed by atoms with E-state index < -0.39 is 0 Å². The SMILES string of the molecule is CNc1ccccc1CCCN. The minimum absolute atomic E-state index is 0.762. The van der Waals surface area contributed by atoms with E-state index in [2.05, 4.69) is 23.5 Å². The summed E-state index contributed by atoms with van der Waals surface area (Å²) in [4.78, 5) is 0. The monoisotopic (exact) mass is 164 g/mol. The smallest absolute Gasteiger partial charge is 0.0370 e. The Balaban J connectivity index is 2.68. The van der Waals surface area contributed by atoms with Gasteiger partial charge in [0.2, 0.25) is 0 Å². The number of aryl methyl sites for hydroxylation is 1. The Hall–Kier alpha value is -1.02. The number of hydrogen-bond donors (Lipinski definition) is 2. The Kier molecular flexibility index (Phi) is 3.61. The standard InChI is InChI=1S/C10H16N2/c1-12-10-7-3-2-5-9(10)6-4-8-11/h2-3,5,7,12H,4,6,8,11H2,1H3. The summed E-state index contributed by atoms with van der Waals surface area (Å²) in [5.74, 6) is 0. The van der Waals surface area contributed by atoms with Crippen LogP contribution in [0.1, 0.15) is 12.0 Å². The van der Waals surface area contributed by atoms with E-state index in [0.29, 0.717) is 0 Å². The van der Waals surface area contributed by atoms with E-state index in [1.165, 1.54) is 11.3 Å². The summed E-state index contributed by atoms with van der Waals surface area (Å²) in [5, 5.41) is 3.16. The fourth-order valence-electron chi connectivity index (χ4n) is 1.27. The van der Waals surface area contributed by atoms with Crippen molar-refractivity contribution in [3.05, 3.63) is 29.8 Å². The Morgan fingerprint density at radius 3 is 2.75 bits per heavy atom. The molecule has 0 aliphatic carbocycles. The summed E-state index contributed by atoms with van der Waals surface area (Å²) in [6, 6.07) is 8.33. The normalized spacial score (nSPS) is 9.83. The summed E-state index contributed by atoms with van der Waals surface area (Å²) in [5.41, 5.74) is 8.01. The Labute approximate surface area is 73.8 Å². The third-order valence-corrected chi connectivity index (χ3v) is 1.94. The van der Waals surface area contributed by atoms with Crippen molar-refractivity contribution in [2.75, 3.05) is 18.9 Å². The van der Waals surface area contributed by atoms with Crippen molar-refractivity contribution >= 4 is 5.69 Å². The van der Waals surface area contributed by atoms with Crippen LogP contribution in [0, 0.1) is 0 Å². The highest BCUT2D eigenvalue weighted by atomic mass is 14.8. The van der Waals surface area contributed by atoms with Gasteiger partial charge >= 0.3 is 0 Å². The van der Waals surface area contributed by atoms with Crippen molar-refractivity contribution in [2.24, 2.45) is 5.73 Å². The molecule has 12 heavy (non-hydrogen) atoms. The largest absolute Gasteiger partial charge is 0.388 e. The van der Waals surface area contributed by atoms with Crippen LogP contribution in [-0.2, 0) is 6.42 Å². The van der Waals surface area contributed by atoms with Crippen LogP contribution in [0.15, 0.2) is 24.3 Å². The molecule has 0 atom stereocenters. The minimum atomic E-state index is 0.762. The molecule has 0 unspecified atom stereocenters. The molecule has 1 aromatic carbocycles. The number of para-hydroxylation sites is 1. The number of benzene rings is 1.